The fraction of sp³-hybridized carbons (Fsp3) is 0.556. The molecule has 0 aliphatic carbocycles. The van der Waals surface area contributed by atoms with E-state index in [-0.39, 0.29) is 30.3 Å². The maximum atomic E-state index is 12.6. The predicted octanol–water partition coefficient (Wildman–Crippen LogP) is 3.06. The number of hydrogen-bond donors (Lipinski definition) is 1. The van der Waals surface area contributed by atoms with Gasteiger partial charge in [-0.1, -0.05) is 35.8 Å². The lowest BCUT2D eigenvalue weighted by molar-refractivity contribution is -0.138. The van der Waals surface area contributed by atoms with E-state index < -0.39 is 5.92 Å². The monoisotopic (exact) mass is 431 g/mol. The Morgan fingerprint density at radius 3 is 2.72 bits per heavy atom. The van der Waals surface area contributed by atoms with Crippen molar-refractivity contribution in [2.24, 2.45) is 17.6 Å². The van der Waals surface area contributed by atoms with Crippen molar-refractivity contribution >= 4 is 45.8 Å². The van der Waals surface area contributed by atoms with Crippen LogP contribution in [0.4, 0.5) is 5.69 Å². The van der Waals surface area contributed by atoms with Gasteiger partial charge >= 0.3 is 0 Å². The molecule has 25 heavy (non-hydrogen) atoms. The van der Waals surface area contributed by atoms with E-state index in [1.54, 1.807) is 16.8 Å². The molecule has 2 N–H and O–H groups in total. The van der Waals surface area contributed by atoms with Gasteiger partial charge < -0.3 is 15.5 Å². The second-order valence-electron chi connectivity index (χ2n) is 6.77. The third-order valence-electron chi connectivity index (χ3n) is 4.65. The van der Waals surface area contributed by atoms with Crippen molar-refractivity contribution in [1.82, 2.24) is 4.90 Å². The van der Waals surface area contributed by atoms with E-state index in [0.717, 1.165) is 16.6 Å². The molecule has 140 valence electrons. The van der Waals surface area contributed by atoms with E-state index in [1.165, 1.54) is 0 Å². The third kappa shape index (κ3) is 5.43. The van der Waals surface area contributed by atoms with Crippen LogP contribution in [0.25, 0.3) is 0 Å². The summed E-state index contributed by atoms with van der Waals surface area (Å²) in [6, 6.07) is 7.66. The van der Waals surface area contributed by atoms with Gasteiger partial charge in [-0.05, 0) is 37.0 Å². The fourth-order valence-electron chi connectivity index (χ4n) is 2.86. The largest absolute Gasteiger partial charge is 0.345 e. The van der Waals surface area contributed by atoms with E-state index in [9.17, 15) is 9.59 Å². The highest BCUT2D eigenvalue weighted by Crippen LogP contribution is 2.28. The van der Waals surface area contributed by atoms with Crippen molar-refractivity contribution in [2.75, 3.05) is 25.0 Å². The molecule has 1 aliphatic rings. The lowest BCUT2D eigenvalue weighted by Gasteiger charge is -2.24. The number of hydrogen-bond acceptors (Lipinski definition) is 3. The molecular weight excluding hydrogens is 406 g/mol. The smallest absolute Gasteiger partial charge is 0.239 e. The van der Waals surface area contributed by atoms with Gasteiger partial charge in [-0.3, -0.25) is 9.59 Å². The zero-order valence-electron chi connectivity index (χ0n) is 14.9. The molecule has 1 aliphatic heterocycles. The molecule has 2 rings (SSSR count). The van der Waals surface area contributed by atoms with Gasteiger partial charge in [0.2, 0.25) is 11.8 Å². The van der Waals surface area contributed by atoms with Crippen molar-refractivity contribution in [3.05, 3.63) is 28.7 Å². The van der Waals surface area contributed by atoms with Crippen LogP contribution in [-0.4, -0.2) is 42.9 Å². The minimum atomic E-state index is -0.579. The first-order chi connectivity index (χ1) is 11.3. The molecule has 1 saturated heterocycles. The molecule has 7 heteroatoms. The third-order valence-corrected chi connectivity index (χ3v) is 5.15. The van der Waals surface area contributed by atoms with E-state index in [1.807, 2.05) is 24.3 Å². The van der Waals surface area contributed by atoms with Crippen LogP contribution in [0, 0.1) is 11.8 Å². The quantitative estimate of drug-likeness (QED) is 0.703. The van der Waals surface area contributed by atoms with Crippen LogP contribution in [0.5, 0.6) is 0 Å². The van der Waals surface area contributed by atoms with Crippen molar-refractivity contribution in [2.45, 2.75) is 32.7 Å². The van der Waals surface area contributed by atoms with Gasteiger partial charge in [0, 0.05) is 36.3 Å². The van der Waals surface area contributed by atoms with Crippen LogP contribution >= 0.6 is 28.3 Å². The Kier molecular flexibility index (Phi) is 8.38. The van der Waals surface area contributed by atoms with Gasteiger partial charge in [0.05, 0.1) is 0 Å². The maximum Gasteiger partial charge on any atom is 0.239 e. The summed E-state index contributed by atoms with van der Waals surface area (Å²) in [6.45, 7) is 5.30. The molecule has 2 unspecified atom stereocenters. The molecule has 1 fully saturated rings. The zero-order valence-corrected chi connectivity index (χ0v) is 17.3. The zero-order chi connectivity index (χ0) is 17.9. The highest BCUT2D eigenvalue weighted by molar-refractivity contribution is 9.10. The van der Waals surface area contributed by atoms with Crippen molar-refractivity contribution in [1.29, 1.82) is 0 Å². The Bertz CT molecular complexity index is 612. The topological polar surface area (TPSA) is 66.6 Å². The minimum Gasteiger partial charge on any atom is -0.345 e. The Labute approximate surface area is 164 Å². The van der Waals surface area contributed by atoms with Crippen LogP contribution in [-0.2, 0) is 9.59 Å². The molecule has 0 aromatic heterocycles. The molecule has 1 aromatic rings. The van der Waals surface area contributed by atoms with E-state index in [2.05, 4.69) is 29.8 Å². The van der Waals surface area contributed by atoms with Gasteiger partial charge in [-0.15, -0.1) is 12.4 Å². The number of carbonyl (C=O) groups is 2. The molecule has 0 spiro atoms. The van der Waals surface area contributed by atoms with Crippen molar-refractivity contribution in [3.8, 4) is 0 Å². The van der Waals surface area contributed by atoms with Crippen LogP contribution < -0.4 is 10.6 Å². The summed E-state index contributed by atoms with van der Waals surface area (Å²) in [6.07, 6.45) is 1.31. The Balaban J connectivity index is 0.00000312. The summed E-state index contributed by atoms with van der Waals surface area (Å²) in [5.41, 5.74) is 6.87. The van der Waals surface area contributed by atoms with Crippen LogP contribution in [0.15, 0.2) is 28.7 Å². The van der Waals surface area contributed by atoms with Crippen LogP contribution in [0.1, 0.15) is 26.7 Å². The number of nitrogens with zero attached hydrogens (tertiary/aromatic N) is 2. The molecule has 0 radical (unpaired) electrons. The first kappa shape index (κ1) is 21.9. The molecule has 2 amide bonds. The molecular formula is C18H27BrClN3O2. The first-order valence-corrected chi connectivity index (χ1v) is 9.18. The van der Waals surface area contributed by atoms with Gasteiger partial charge in [0.25, 0.3) is 0 Å². The van der Waals surface area contributed by atoms with Crippen LogP contribution in [0.3, 0.4) is 0 Å². The molecule has 0 bridgehead atoms. The Morgan fingerprint density at radius 1 is 1.44 bits per heavy atom. The number of benzene rings is 1. The number of carbonyl (C=O) groups excluding carboxylic acids is 2. The van der Waals surface area contributed by atoms with E-state index in [0.29, 0.717) is 25.4 Å². The van der Waals surface area contributed by atoms with Gasteiger partial charge in [-0.25, -0.2) is 0 Å². The number of amides is 2. The van der Waals surface area contributed by atoms with Crippen molar-refractivity contribution in [3.63, 3.8) is 0 Å². The average molecular weight is 433 g/mol. The van der Waals surface area contributed by atoms with Crippen LogP contribution in [0.2, 0.25) is 0 Å². The Morgan fingerprint density at radius 2 is 2.12 bits per heavy atom. The second kappa shape index (κ2) is 9.55. The number of nitrogens with two attached hydrogens (primary N) is 1. The normalized spacial score (nSPS) is 18.2. The molecule has 2 atom stereocenters. The first-order valence-electron chi connectivity index (χ1n) is 8.38. The molecule has 5 nitrogen and oxygen atoms in total. The fourth-order valence-corrected chi connectivity index (χ4v) is 3.25. The number of halogens is 2. The lowest BCUT2D eigenvalue weighted by Crippen LogP contribution is -2.40. The summed E-state index contributed by atoms with van der Waals surface area (Å²) < 4.78 is 0.919. The highest BCUT2D eigenvalue weighted by Gasteiger charge is 2.38. The minimum absolute atomic E-state index is 0. The number of anilines is 1. The summed E-state index contributed by atoms with van der Waals surface area (Å²) in [5.74, 6) is -0.413. The van der Waals surface area contributed by atoms with E-state index >= 15 is 0 Å². The Hall–Kier alpha value is -1.11. The highest BCUT2D eigenvalue weighted by atomic mass is 79.9. The number of rotatable bonds is 6. The maximum absolute atomic E-state index is 12.6. The summed E-state index contributed by atoms with van der Waals surface area (Å²) >= 11 is 3.42. The lowest BCUT2D eigenvalue weighted by atomic mass is 10.0. The standard InChI is InChI=1S/C18H26BrN3O2.ClH/c1-12(2)16(20)8-9-21(3)17(23)15-7-10-22(18(15)24)14-6-4-5-13(19)11-14;/h4-6,11-12,15-16H,7-10,20H2,1-3H3;1H. The average Bonchev–Trinajstić information content (AvgIpc) is 2.92. The van der Waals surface area contributed by atoms with Gasteiger partial charge in [-0.2, -0.15) is 0 Å². The summed E-state index contributed by atoms with van der Waals surface area (Å²) in [4.78, 5) is 28.6. The molecule has 1 aromatic carbocycles. The van der Waals surface area contributed by atoms with Gasteiger partial charge in [0.15, 0.2) is 0 Å². The second-order valence-corrected chi connectivity index (χ2v) is 7.68. The predicted molar refractivity (Wildman–Crippen MR) is 107 cm³/mol. The molecule has 1 heterocycles. The van der Waals surface area contributed by atoms with Crippen molar-refractivity contribution < 1.29 is 9.59 Å². The van der Waals surface area contributed by atoms with E-state index in [4.69, 9.17) is 5.73 Å². The van der Waals surface area contributed by atoms with Gasteiger partial charge in [0.1, 0.15) is 5.92 Å². The summed E-state index contributed by atoms with van der Waals surface area (Å²) in [7, 11) is 1.75. The summed E-state index contributed by atoms with van der Waals surface area (Å²) in [5, 5.41) is 0. The molecule has 0 saturated carbocycles. The SMILES string of the molecule is CC(C)C(N)CCN(C)C(=O)C1CCN(c2cccc(Br)c2)C1=O.Cl.